The Morgan fingerprint density at radius 2 is 1.84 bits per heavy atom. The maximum Gasteiger partial charge on any atom is 0.261 e. The van der Waals surface area contributed by atoms with Gasteiger partial charge in [0.15, 0.2) is 6.10 Å². The highest BCUT2D eigenvalue weighted by molar-refractivity contribution is 5.81. The van der Waals surface area contributed by atoms with E-state index in [9.17, 15) is 4.79 Å². The Morgan fingerprint density at radius 3 is 2.32 bits per heavy atom. The molecule has 0 bridgehead atoms. The Labute approximate surface area is 116 Å². The lowest BCUT2D eigenvalue weighted by atomic mass is 10.0. The summed E-state index contributed by atoms with van der Waals surface area (Å²) in [6, 6.07) is 7.87. The lowest BCUT2D eigenvalue weighted by Gasteiger charge is -2.26. The molecule has 1 unspecified atom stereocenters. The Morgan fingerprint density at radius 1 is 1.26 bits per heavy atom. The van der Waals surface area contributed by atoms with Crippen molar-refractivity contribution in [3.8, 4) is 5.75 Å². The number of ether oxygens (including phenoxy) is 1. The van der Waals surface area contributed by atoms with Crippen molar-refractivity contribution in [2.75, 3.05) is 0 Å². The van der Waals surface area contributed by atoms with Gasteiger partial charge in [-0.05, 0) is 51.3 Å². The van der Waals surface area contributed by atoms with Crippen LogP contribution in [0.25, 0.3) is 0 Å². The standard InChI is InChI=1S/C16H25NO2/c1-6-13-8-10-14(11-9-13)19-12(3)15(18)17-16(4,5)7-2/h8-12H,6-7H2,1-5H3,(H,17,18). The van der Waals surface area contributed by atoms with E-state index in [1.807, 2.05) is 38.1 Å². The molecule has 0 saturated carbocycles. The van der Waals surface area contributed by atoms with Crippen molar-refractivity contribution in [2.45, 2.75) is 59.1 Å². The van der Waals surface area contributed by atoms with Gasteiger partial charge in [0.05, 0.1) is 0 Å². The van der Waals surface area contributed by atoms with Crippen LogP contribution in [0.3, 0.4) is 0 Å². The fraction of sp³-hybridized carbons (Fsp3) is 0.562. The Kier molecular flexibility index (Phi) is 5.40. The molecule has 1 atom stereocenters. The zero-order valence-corrected chi connectivity index (χ0v) is 12.6. The van der Waals surface area contributed by atoms with Crippen LogP contribution in [0.2, 0.25) is 0 Å². The molecule has 0 aliphatic rings. The van der Waals surface area contributed by atoms with Crippen LogP contribution in [-0.2, 0) is 11.2 Å². The second-order valence-corrected chi connectivity index (χ2v) is 5.48. The maximum absolute atomic E-state index is 12.0. The minimum Gasteiger partial charge on any atom is -0.481 e. The molecule has 0 radical (unpaired) electrons. The molecule has 0 fully saturated rings. The summed E-state index contributed by atoms with van der Waals surface area (Å²) in [5.41, 5.74) is 1.07. The molecule has 1 N–H and O–H groups in total. The maximum atomic E-state index is 12.0. The highest BCUT2D eigenvalue weighted by Crippen LogP contribution is 2.15. The van der Waals surface area contributed by atoms with Gasteiger partial charge in [0.2, 0.25) is 0 Å². The quantitative estimate of drug-likeness (QED) is 0.855. The number of carbonyl (C=O) groups excluding carboxylic acids is 1. The van der Waals surface area contributed by atoms with E-state index in [4.69, 9.17) is 4.74 Å². The highest BCUT2D eigenvalue weighted by Gasteiger charge is 2.22. The minimum absolute atomic E-state index is 0.0774. The molecule has 0 aliphatic carbocycles. The van der Waals surface area contributed by atoms with Crippen LogP contribution >= 0.6 is 0 Å². The van der Waals surface area contributed by atoms with Gasteiger partial charge in [0, 0.05) is 5.54 Å². The van der Waals surface area contributed by atoms with E-state index in [-0.39, 0.29) is 11.4 Å². The summed E-state index contributed by atoms with van der Waals surface area (Å²) in [6.07, 6.45) is 1.40. The minimum atomic E-state index is -0.488. The number of amides is 1. The molecule has 1 aromatic carbocycles. The number of aryl methyl sites for hydroxylation is 1. The molecule has 19 heavy (non-hydrogen) atoms. The van der Waals surface area contributed by atoms with Crippen molar-refractivity contribution in [2.24, 2.45) is 0 Å². The summed E-state index contributed by atoms with van der Waals surface area (Å²) < 4.78 is 5.65. The van der Waals surface area contributed by atoms with Crippen LogP contribution in [0.1, 0.15) is 46.6 Å². The molecule has 1 rings (SSSR count). The zero-order valence-electron chi connectivity index (χ0n) is 12.6. The lowest BCUT2D eigenvalue weighted by Crippen LogP contribution is -2.48. The number of hydrogen-bond donors (Lipinski definition) is 1. The average molecular weight is 263 g/mol. The Bertz CT molecular complexity index is 409. The highest BCUT2D eigenvalue weighted by atomic mass is 16.5. The van der Waals surface area contributed by atoms with Crippen LogP contribution in [0.15, 0.2) is 24.3 Å². The van der Waals surface area contributed by atoms with Crippen LogP contribution in [0.4, 0.5) is 0 Å². The predicted octanol–water partition coefficient (Wildman–Crippen LogP) is 3.32. The van der Waals surface area contributed by atoms with Crippen LogP contribution < -0.4 is 10.1 Å². The van der Waals surface area contributed by atoms with E-state index in [2.05, 4.69) is 19.2 Å². The molecule has 3 heteroatoms. The second kappa shape index (κ2) is 6.60. The molecule has 1 amide bonds. The first kappa shape index (κ1) is 15.5. The predicted molar refractivity (Wildman–Crippen MR) is 78.4 cm³/mol. The van der Waals surface area contributed by atoms with Crippen molar-refractivity contribution in [1.82, 2.24) is 5.32 Å². The summed E-state index contributed by atoms with van der Waals surface area (Å²) >= 11 is 0. The number of benzene rings is 1. The molecule has 1 aromatic rings. The van der Waals surface area contributed by atoms with E-state index in [1.54, 1.807) is 6.92 Å². The van der Waals surface area contributed by atoms with Crippen molar-refractivity contribution in [1.29, 1.82) is 0 Å². The third-order valence-corrected chi connectivity index (χ3v) is 3.36. The topological polar surface area (TPSA) is 38.3 Å². The van der Waals surface area contributed by atoms with Crippen LogP contribution in [0.5, 0.6) is 5.75 Å². The van der Waals surface area contributed by atoms with Gasteiger partial charge < -0.3 is 10.1 Å². The van der Waals surface area contributed by atoms with Crippen molar-refractivity contribution in [3.63, 3.8) is 0 Å². The van der Waals surface area contributed by atoms with Crippen LogP contribution in [-0.4, -0.2) is 17.6 Å². The van der Waals surface area contributed by atoms with Crippen molar-refractivity contribution >= 4 is 5.91 Å². The first-order valence-corrected chi connectivity index (χ1v) is 6.95. The third kappa shape index (κ3) is 4.93. The number of rotatable bonds is 6. The fourth-order valence-corrected chi connectivity index (χ4v) is 1.58. The molecule has 0 spiro atoms. The molecule has 0 heterocycles. The van der Waals surface area contributed by atoms with E-state index in [1.165, 1.54) is 5.56 Å². The number of carbonyl (C=O) groups is 1. The van der Waals surface area contributed by atoms with Gasteiger partial charge in [0.25, 0.3) is 5.91 Å². The van der Waals surface area contributed by atoms with Crippen molar-refractivity contribution < 1.29 is 9.53 Å². The summed E-state index contributed by atoms with van der Waals surface area (Å²) in [5.74, 6) is 0.653. The summed E-state index contributed by atoms with van der Waals surface area (Å²) in [6.45, 7) is 9.95. The molecule has 3 nitrogen and oxygen atoms in total. The van der Waals surface area contributed by atoms with E-state index >= 15 is 0 Å². The Balaban J connectivity index is 2.58. The third-order valence-electron chi connectivity index (χ3n) is 3.36. The van der Waals surface area contributed by atoms with Crippen molar-refractivity contribution in [3.05, 3.63) is 29.8 Å². The number of nitrogens with one attached hydrogen (secondary N) is 1. The first-order valence-electron chi connectivity index (χ1n) is 6.95. The lowest BCUT2D eigenvalue weighted by molar-refractivity contribution is -0.128. The zero-order chi connectivity index (χ0) is 14.5. The molecule has 106 valence electrons. The Hall–Kier alpha value is -1.51. The SMILES string of the molecule is CCc1ccc(OC(C)C(=O)NC(C)(C)CC)cc1. The fourth-order valence-electron chi connectivity index (χ4n) is 1.58. The van der Waals surface area contributed by atoms with Gasteiger partial charge in [-0.1, -0.05) is 26.0 Å². The molecule has 0 saturated heterocycles. The smallest absolute Gasteiger partial charge is 0.261 e. The summed E-state index contributed by atoms with van der Waals surface area (Å²) in [5, 5.41) is 2.98. The van der Waals surface area contributed by atoms with Gasteiger partial charge >= 0.3 is 0 Å². The average Bonchev–Trinajstić information content (AvgIpc) is 2.39. The van der Waals surface area contributed by atoms with E-state index in [0.717, 1.165) is 18.6 Å². The van der Waals surface area contributed by atoms with Crippen LogP contribution in [0, 0.1) is 0 Å². The largest absolute Gasteiger partial charge is 0.481 e. The molecular formula is C16H25NO2. The molecule has 0 aromatic heterocycles. The summed E-state index contributed by atoms with van der Waals surface area (Å²) in [7, 11) is 0. The van der Waals surface area contributed by atoms with E-state index < -0.39 is 6.10 Å². The van der Waals surface area contributed by atoms with E-state index in [0.29, 0.717) is 0 Å². The first-order chi connectivity index (χ1) is 8.88. The van der Waals surface area contributed by atoms with Gasteiger partial charge in [-0.25, -0.2) is 0 Å². The normalized spacial score (nSPS) is 12.9. The molecule has 0 aliphatic heterocycles. The summed E-state index contributed by atoms with van der Waals surface area (Å²) in [4.78, 5) is 12.0. The second-order valence-electron chi connectivity index (χ2n) is 5.48. The monoisotopic (exact) mass is 263 g/mol. The number of hydrogen-bond acceptors (Lipinski definition) is 2. The van der Waals surface area contributed by atoms with Gasteiger partial charge in [-0.2, -0.15) is 0 Å². The van der Waals surface area contributed by atoms with Gasteiger partial charge in [-0.15, -0.1) is 0 Å². The molecular weight excluding hydrogens is 238 g/mol. The van der Waals surface area contributed by atoms with Gasteiger partial charge in [0.1, 0.15) is 5.75 Å². The van der Waals surface area contributed by atoms with Gasteiger partial charge in [-0.3, -0.25) is 4.79 Å².